The minimum Gasteiger partial charge on any atom is -0.457 e. The second-order valence-electron chi connectivity index (χ2n) is 13.6. The molecule has 0 amide bonds. The van der Waals surface area contributed by atoms with Gasteiger partial charge in [-0.3, -0.25) is 0 Å². The summed E-state index contributed by atoms with van der Waals surface area (Å²) < 4.78 is 37.6. The first-order valence-corrected chi connectivity index (χ1v) is 15.3. The molecule has 0 saturated carbocycles. The van der Waals surface area contributed by atoms with E-state index in [1.165, 1.54) is 5.56 Å². The fourth-order valence-corrected chi connectivity index (χ4v) is 6.48. The van der Waals surface area contributed by atoms with Crippen molar-refractivity contribution in [3.05, 3.63) is 59.2 Å². The van der Waals surface area contributed by atoms with Crippen LogP contribution in [0.2, 0.25) is 0 Å². The number of allylic oxidation sites excluding steroid dienone is 2. The number of esters is 1. The Morgan fingerprint density at radius 3 is 2.54 bits per heavy atom. The van der Waals surface area contributed by atoms with Gasteiger partial charge in [0.15, 0.2) is 5.79 Å². The van der Waals surface area contributed by atoms with Crippen molar-refractivity contribution in [1.82, 2.24) is 0 Å². The third kappa shape index (κ3) is 7.31. The molecule has 1 aromatic rings. The topological polar surface area (TPSA) is 75.8 Å². The fraction of sp³-hybridized carbons (Fsp3) is 0.676. The molecule has 226 valence electrons. The Morgan fingerprint density at radius 1 is 1.05 bits per heavy atom. The van der Waals surface area contributed by atoms with Gasteiger partial charge in [-0.2, -0.15) is 0 Å². The quantitative estimate of drug-likeness (QED) is 0.155. The zero-order chi connectivity index (χ0) is 29.4. The lowest BCUT2D eigenvalue weighted by atomic mass is 9.79. The summed E-state index contributed by atoms with van der Waals surface area (Å²) in [5.41, 5.74) is 2.20. The SMILES string of the molecule is CC(=C\C(=O)OC(C)(C)C)/C(C)=C/[C@@H]1O[C@H]1[C@@H]1CC[C@H]2O[C@@]3(CC[C@]2(C)O1)O[C@@H](COCc1ccccc1)C[C@@H]3C. The molecule has 4 fully saturated rings. The molecule has 1 spiro atoms. The molecule has 1 aromatic carbocycles. The van der Waals surface area contributed by atoms with Gasteiger partial charge in [-0.25, -0.2) is 4.79 Å². The average molecular weight is 569 g/mol. The van der Waals surface area contributed by atoms with Crippen molar-refractivity contribution in [1.29, 1.82) is 0 Å². The van der Waals surface area contributed by atoms with Crippen molar-refractivity contribution < 1.29 is 33.2 Å². The molecule has 7 heteroatoms. The van der Waals surface area contributed by atoms with E-state index in [0.29, 0.717) is 19.1 Å². The van der Waals surface area contributed by atoms with Crippen molar-refractivity contribution in [2.75, 3.05) is 6.61 Å². The third-order valence-electron chi connectivity index (χ3n) is 8.98. The van der Waals surface area contributed by atoms with Crippen molar-refractivity contribution in [3.63, 3.8) is 0 Å². The molecule has 0 radical (unpaired) electrons. The normalized spacial score (nSPS) is 37.6. The van der Waals surface area contributed by atoms with Crippen LogP contribution in [0.4, 0.5) is 0 Å². The molecule has 0 N–H and O–H groups in total. The van der Waals surface area contributed by atoms with Gasteiger partial charge in [0.2, 0.25) is 0 Å². The van der Waals surface area contributed by atoms with Crippen molar-refractivity contribution in [2.24, 2.45) is 5.92 Å². The van der Waals surface area contributed by atoms with E-state index < -0.39 is 11.4 Å². The van der Waals surface area contributed by atoms with E-state index in [9.17, 15) is 4.79 Å². The number of epoxide rings is 1. The van der Waals surface area contributed by atoms with Crippen LogP contribution in [0.5, 0.6) is 0 Å². The Balaban J connectivity index is 1.11. The van der Waals surface area contributed by atoms with Gasteiger partial charge in [-0.05, 0) is 90.0 Å². The van der Waals surface area contributed by atoms with Crippen LogP contribution in [0.15, 0.2) is 53.6 Å². The number of rotatable bonds is 8. The molecule has 5 rings (SSSR count). The highest BCUT2D eigenvalue weighted by atomic mass is 16.7. The van der Waals surface area contributed by atoms with Crippen molar-refractivity contribution >= 4 is 5.97 Å². The van der Waals surface area contributed by atoms with Crippen LogP contribution >= 0.6 is 0 Å². The van der Waals surface area contributed by atoms with Crippen LogP contribution in [0.25, 0.3) is 0 Å². The summed E-state index contributed by atoms with van der Waals surface area (Å²) in [5, 5.41) is 0. The first-order valence-electron chi connectivity index (χ1n) is 15.3. The van der Waals surface area contributed by atoms with Gasteiger partial charge >= 0.3 is 5.97 Å². The molecule has 0 unspecified atom stereocenters. The van der Waals surface area contributed by atoms with E-state index in [0.717, 1.165) is 43.3 Å². The minimum absolute atomic E-state index is 0.00665. The maximum atomic E-state index is 12.2. The number of benzene rings is 1. The molecule has 7 nitrogen and oxygen atoms in total. The second kappa shape index (κ2) is 11.9. The first kappa shape index (κ1) is 30.4. The summed E-state index contributed by atoms with van der Waals surface area (Å²) in [6.45, 7) is 15.1. The highest BCUT2D eigenvalue weighted by molar-refractivity contribution is 5.83. The smallest absolute Gasteiger partial charge is 0.331 e. The van der Waals surface area contributed by atoms with Gasteiger partial charge in [0.25, 0.3) is 0 Å². The van der Waals surface area contributed by atoms with Crippen LogP contribution in [-0.2, 0) is 39.8 Å². The highest BCUT2D eigenvalue weighted by Gasteiger charge is 2.59. The molecule has 4 heterocycles. The summed E-state index contributed by atoms with van der Waals surface area (Å²) in [4.78, 5) is 12.2. The van der Waals surface area contributed by atoms with E-state index >= 15 is 0 Å². The van der Waals surface area contributed by atoms with E-state index in [1.54, 1.807) is 6.08 Å². The zero-order valence-electron chi connectivity index (χ0n) is 25.8. The fourth-order valence-electron chi connectivity index (χ4n) is 6.48. The Labute approximate surface area is 245 Å². The predicted octanol–water partition coefficient (Wildman–Crippen LogP) is 6.44. The van der Waals surface area contributed by atoms with E-state index in [1.807, 2.05) is 52.8 Å². The van der Waals surface area contributed by atoms with Crippen LogP contribution in [0, 0.1) is 5.92 Å². The van der Waals surface area contributed by atoms with Crippen molar-refractivity contribution in [3.8, 4) is 0 Å². The molecular formula is C34H48O7. The average Bonchev–Trinajstić information content (AvgIpc) is 3.59. The number of carbonyl (C=O) groups is 1. The summed E-state index contributed by atoms with van der Waals surface area (Å²) in [6.07, 6.45) is 8.17. The van der Waals surface area contributed by atoms with Crippen LogP contribution in [0.1, 0.15) is 86.1 Å². The molecule has 41 heavy (non-hydrogen) atoms. The Morgan fingerprint density at radius 2 is 1.80 bits per heavy atom. The van der Waals surface area contributed by atoms with Gasteiger partial charge < -0.3 is 28.4 Å². The zero-order valence-corrected chi connectivity index (χ0v) is 25.8. The second-order valence-corrected chi connectivity index (χ2v) is 13.6. The lowest BCUT2D eigenvalue weighted by Crippen LogP contribution is -2.60. The number of ether oxygens (including phenoxy) is 6. The summed E-state index contributed by atoms with van der Waals surface area (Å²) in [6, 6.07) is 10.2. The third-order valence-corrected chi connectivity index (χ3v) is 8.98. The molecule has 8 atom stereocenters. The molecule has 4 aliphatic rings. The number of hydrogen-bond acceptors (Lipinski definition) is 7. The van der Waals surface area contributed by atoms with Gasteiger partial charge in [0.1, 0.15) is 17.8 Å². The summed E-state index contributed by atoms with van der Waals surface area (Å²) in [7, 11) is 0. The van der Waals surface area contributed by atoms with Gasteiger partial charge in [-0.15, -0.1) is 0 Å². The standard InChI is InChI=1S/C34H48O7/c1-22(23(2)18-30(35)41-32(4,5)6)17-28-31(37-28)27-13-14-29-33(7,39-27)15-16-34(40-29)24(3)19-26(38-34)21-36-20-25-11-9-8-10-12-25/h8-12,17-18,24,26-29,31H,13-16,19-21H2,1-7H3/b22-17+,23-18+/t24-,26+,27-,28-,29+,31-,33-,34+/m0/s1. The van der Waals surface area contributed by atoms with E-state index in [2.05, 4.69) is 32.1 Å². The molecule has 0 aromatic heterocycles. The Kier molecular flexibility index (Phi) is 8.85. The van der Waals surface area contributed by atoms with Gasteiger partial charge in [-0.1, -0.05) is 37.3 Å². The maximum absolute atomic E-state index is 12.2. The molecular weight excluding hydrogens is 520 g/mol. The molecule has 0 bridgehead atoms. The summed E-state index contributed by atoms with van der Waals surface area (Å²) in [5.74, 6) is -0.582. The summed E-state index contributed by atoms with van der Waals surface area (Å²) >= 11 is 0. The lowest BCUT2D eigenvalue weighted by molar-refractivity contribution is -0.345. The van der Waals surface area contributed by atoms with Crippen LogP contribution < -0.4 is 0 Å². The first-order chi connectivity index (χ1) is 19.4. The molecule has 4 aliphatic heterocycles. The van der Waals surface area contributed by atoms with Gasteiger partial charge in [0, 0.05) is 18.4 Å². The number of hydrogen-bond donors (Lipinski definition) is 0. The molecule has 0 aliphatic carbocycles. The number of fused-ring (bicyclic) bond motifs is 1. The predicted molar refractivity (Wildman–Crippen MR) is 156 cm³/mol. The van der Waals surface area contributed by atoms with Gasteiger partial charge in [0.05, 0.1) is 37.1 Å². The van der Waals surface area contributed by atoms with Crippen LogP contribution in [0.3, 0.4) is 0 Å². The van der Waals surface area contributed by atoms with E-state index in [-0.39, 0.29) is 42.1 Å². The monoisotopic (exact) mass is 568 g/mol. The van der Waals surface area contributed by atoms with Crippen molar-refractivity contribution in [2.45, 2.75) is 135 Å². The Hall–Kier alpha value is -2.03. The highest BCUT2D eigenvalue weighted by Crippen LogP contribution is 2.51. The lowest BCUT2D eigenvalue weighted by Gasteiger charge is -2.53. The van der Waals surface area contributed by atoms with E-state index in [4.69, 9.17) is 28.4 Å². The largest absolute Gasteiger partial charge is 0.457 e. The maximum Gasteiger partial charge on any atom is 0.331 e. The Bertz CT molecular complexity index is 1140. The molecule has 4 saturated heterocycles. The number of carbonyl (C=O) groups excluding carboxylic acids is 1. The minimum atomic E-state index is -0.558. The van der Waals surface area contributed by atoms with Crippen LogP contribution in [-0.4, -0.2) is 60.1 Å².